The molecule has 5 heteroatoms. The van der Waals surface area contributed by atoms with Crippen molar-refractivity contribution in [2.75, 3.05) is 5.32 Å². The molecule has 1 atom stereocenters. The summed E-state index contributed by atoms with van der Waals surface area (Å²) in [7, 11) is 0. The van der Waals surface area contributed by atoms with E-state index in [4.69, 9.17) is 0 Å². The van der Waals surface area contributed by atoms with E-state index in [1.54, 1.807) is 13.1 Å². The maximum absolute atomic E-state index is 11.3. The van der Waals surface area contributed by atoms with Gasteiger partial charge in [-0.15, -0.1) is 0 Å². The highest BCUT2D eigenvalue weighted by molar-refractivity contribution is 9.10. The van der Waals surface area contributed by atoms with E-state index in [2.05, 4.69) is 42.2 Å². The smallest absolute Gasteiger partial charge is 0.239 e. The predicted octanol–water partition coefficient (Wildman–Crippen LogP) is 2.87. The first kappa shape index (κ1) is 11.7. The van der Waals surface area contributed by atoms with E-state index >= 15 is 0 Å². The minimum atomic E-state index is -0.215. The van der Waals surface area contributed by atoms with Crippen LogP contribution in [0.25, 0.3) is 0 Å². The van der Waals surface area contributed by atoms with Crippen LogP contribution >= 0.6 is 31.9 Å². The zero-order valence-corrected chi connectivity index (χ0v) is 11.0. The quantitative estimate of drug-likeness (QED) is 0.851. The zero-order valence-electron chi connectivity index (χ0n) is 7.84. The van der Waals surface area contributed by atoms with Crippen LogP contribution in [-0.4, -0.2) is 15.7 Å². The lowest BCUT2D eigenvalue weighted by Crippen LogP contribution is -2.21. The molecule has 0 aliphatic heterocycles. The molecule has 0 saturated heterocycles. The maximum atomic E-state index is 11.3. The van der Waals surface area contributed by atoms with Crippen LogP contribution in [0.2, 0.25) is 0 Å². The van der Waals surface area contributed by atoms with Crippen LogP contribution in [0.4, 0.5) is 5.82 Å². The summed E-state index contributed by atoms with van der Waals surface area (Å²) in [5.74, 6) is 0.507. The molecule has 1 unspecified atom stereocenters. The number of nitrogens with zero attached hydrogens (tertiary/aromatic N) is 1. The highest BCUT2D eigenvalue weighted by Crippen LogP contribution is 2.17. The monoisotopic (exact) mass is 320 g/mol. The summed E-state index contributed by atoms with van der Waals surface area (Å²) >= 11 is 6.49. The van der Waals surface area contributed by atoms with E-state index in [0.717, 1.165) is 10.0 Å². The lowest BCUT2D eigenvalue weighted by atomic mass is 10.3. The van der Waals surface area contributed by atoms with Crippen molar-refractivity contribution in [2.45, 2.75) is 18.7 Å². The SMILES string of the molecule is Cc1cc(Br)cnc1NC(=O)C(C)Br. The number of amides is 1. The second-order valence-corrected chi connectivity index (χ2v) is 5.21. The Morgan fingerprint density at radius 2 is 2.29 bits per heavy atom. The average Bonchev–Trinajstić information content (AvgIpc) is 2.09. The Balaban J connectivity index is 2.82. The van der Waals surface area contributed by atoms with E-state index in [0.29, 0.717) is 5.82 Å². The maximum Gasteiger partial charge on any atom is 0.239 e. The number of carbonyl (C=O) groups is 1. The molecule has 14 heavy (non-hydrogen) atoms. The van der Waals surface area contributed by atoms with E-state index in [9.17, 15) is 4.79 Å². The Morgan fingerprint density at radius 1 is 1.64 bits per heavy atom. The van der Waals surface area contributed by atoms with Gasteiger partial charge in [-0.25, -0.2) is 4.98 Å². The van der Waals surface area contributed by atoms with Crippen LogP contribution in [0.3, 0.4) is 0 Å². The van der Waals surface area contributed by atoms with Gasteiger partial charge in [-0.1, -0.05) is 15.9 Å². The number of aryl methyl sites for hydroxylation is 1. The number of aromatic nitrogens is 1. The van der Waals surface area contributed by atoms with Gasteiger partial charge in [0.15, 0.2) is 0 Å². The Labute approximate surface area is 99.6 Å². The number of alkyl halides is 1. The van der Waals surface area contributed by atoms with Crippen LogP contribution < -0.4 is 5.32 Å². The second-order valence-electron chi connectivity index (χ2n) is 2.92. The third kappa shape index (κ3) is 3.06. The molecule has 1 aromatic heterocycles. The summed E-state index contributed by atoms with van der Waals surface area (Å²) in [4.78, 5) is 15.2. The van der Waals surface area contributed by atoms with Crippen LogP contribution in [0.1, 0.15) is 12.5 Å². The first-order valence-electron chi connectivity index (χ1n) is 4.08. The molecule has 0 aliphatic rings. The number of hydrogen-bond acceptors (Lipinski definition) is 2. The van der Waals surface area contributed by atoms with Gasteiger partial charge in [-0.3, -0.25) is 4.79 Å². The Kier molecular flexibility index (Phi) is 4.07. The fraction of sp³-hybridized carbons (Fsp3) is 0.333. The lowest BCUT2D eigenvalue weighted by Gasteiger charge is -2.08. The highest BCUT2D eigenvalue weighted by Gasteiger charge is 2.10. The van der Waals surface area contributed by atoms with Gasteiger partial charge in [0.1, 0.15) is 5.82 Å². The van der Waals surface area contributed by atoms with Gasteiger partial charge in [-0.2, -0.15) is 0 Å². The van der Waals surface area contributed by atoms with Gasteiger partial charge < -0.3 is 5.32 Å². The van der Waals surface area contributed by atoms with Crippen molar-refractivity contribution in [1.82, 2.24) is 4.98 Å². The molecule has 0 aromatic carbocycles. The van der Waals surface area contributed by atoms with Gasteiger partial charge in [0.05, 0.1) is 4.83 Å². The minimum Gasteiger partial charge on any atom is -0.310 e. The molecule has 0 radical (unpaired) electrons. The normalized spacial score (nSPS) is 12.3. The number of hydrogen-bond donors (Lipinski definition) is 1. The van der Waals surface area contributed by atoms with Crippen molar-refractivity contribution in [2.24, 2.45) is 0 Å². The molecule has 76 valence electrons. The summed E-state index contributed by atoms with van der Waals surface area (Å²) in [6.07, 6.45) is 1.65. The van der Waals surface area contributed by atoms with Gasteiger partial charge >= 0.3 is 0 Å². The number of carbonyl (C=O) groups excluding carboxylic acids is 1. The van der Waals surface area contributed by atoms with Crippen LogP contribution in [0.15, 0.2) is 16.7 Å². The summed E-state index contributed by atoms with van der Waals surface area (Å²) < 4.78 is 0.903. The molecule has 0 aliphatic carbocycles. The predicted molar refractivity (Wildman–Crippen MR) is 63.7 cm³/mol. The highest BCUT2D eigenvalue weighted by atomic mass is 79.9. The average molecular weight is 322 g/mol. The van der Waals surface area contributed by atoms with Crippen LogP contribution in [0.5, 0.6) is 0 Å². The number of halogens is 2. The third-order valence-electron chi connectivity index (χ3n) is 1.65. The fourth-order valence-corrected chi connectivity index (χ4v) is 1.45. The van der Waals surface area contributed by atoms with Crippen LogP contribution in [-0.2, 0) is 4.79 Å². The fourth-order valence-electron chi connectivity index (χ4n) is 0.887. The third-order valence-corrected chi connectivity index (χ3v) is 2.50. The van der Waals surface area contributed by atoms with Crippen LogP contribution in [0, 0.1) is 6.92 Å². The molecule has 3 nitrogen and oxygen atoms in total. The minimum absolute atomic E-state index is 0.0945. The molecule has 0 fully saturated rings. The number of nitrogens with one attached hydrogen (secondary N) is 1. The van der Waals surface area contributed by atoms with Gasteiger partial charge in [0.2, 0.25) is 5.91 Å². The van der Waals surface area contributed by atoms with Gasteiger partial charge in [0, 0.05) is 10.7 Å². The standard InChI is InChI=1S/C9H10Br2N2O/c1-5-3-7(11)4-12-8(5)13-9(14)6(2)10/h3-4,6H,1-2H3,(H,12,13,14). The number of anilines is 1. The second kappa shape index (κ2) is 4.89. The van der Waals surface area contributed by atoms with Gasteiger partial charge in [0.25, 0.3) is 0 Å². The molecule has 0 spiro atoms. The summed E-state index contributed by atoms with van der Waals surface area (Å²) in [5, 5.41) is 2.72. The van der Waals surface area contributed by atoms with Crippen molar-refractivity contribution in [3.8, 4) is 0 Å². The lowest BCUT2D eigenvalue weighted by molar-refractivity contribution is -0.115. The van der Waals surface area contributed by atoms with Crippen molar-refractivity contribution in [1.29, 1.82) is 0 Å². The molecular weight excluding hydrogens is 312 g/mol. The number of pyridine rings is 1. The Morgan fingerprint density at radius 3 is 2.79 bits per heavy atom. The first-order chi connectivity index (χ1) is 6.50. The van der Waals surface area contributed by atoms with Crippen molar-refractivity contribution < 1.29 is 4.79 Å². The summed E-state index contributed by atoms with van der Waals surface area (Å²) in [5.41, 5.74) is 0.931. The van der Waals surface area contributed by atoms with E-state index in [1.165, 1.54) is 0 Å². The molecule has 1 aromatic rings. The van der Waals surface area contributed by atoms with Crippen molar-refractivity contribution in [3.05, 3.63) is 22.3 Å². The van der Waals surface area contributed by atoms with E-state index in [1.807, 2.05) is 13.0 Å². The van der Waals surface area contributed by atoms with Crippen molar-refractivity contribution >= 4 is 43.6 Å². The Hall–Kier alpha value is -0.420. The van der Waals surface area contributed by atoms with Crippen molar-refractivity contribution in [3.63, 3.8) is 0 Å². The molecule has 1 heterocycles. The molecule has 1 rings (SSSR count). The van der Waals surface area contributed by atoms with Gasteiger partial charge in [-0.05, 0) is 41.4 Å². The topological polar surface area (TPSA) is 42.0 Å². The summed E-state index contributed by atoms with van der Waals surface area (Å²) in [6.45, 7) is 3.66. The molecule has 1 N–H and O–H groups in total. The largest absolute Gasteiger partial charge is 0.310 e. The Bertz CT molecular complexity index is 353. The summed E-state index contributed by atoms with van der Waals surface area (Å²) in [6, 6.07) is 1.90. The van der Waals surface area contributed by atoms with E-state index in [-0.39, 0.29) is 10.7 Å². The molecule has 0 saturated carbocycles. The zero-order chi connectivity index (χ0) is 10.7. The first-order valence-corrected chi connectivity index (χ1v) is 5.78. The molecular formula is C9H10Br2N2O. The molecule has 1 amide bonds. The van der Waals surface area contributed by atoms with E-state index < -0.39 is 0 Å². The number of rotatable bonds is 2. The molecule has 0 bridgehead atoms.